The van der Waals surface area contributed by atoms with Crippen LogP contribution in [0.2, 0.25) is 0 Å². The molecule has 1 aromatic rings. The molecule has 1 aliphatic heterocycles. The van der Waals surface area contributed by atoms with Crippen LogP contribution in [0, 0.1) is 6.92 Å². The van der Waals surface area contributed by atoms with Gasteiger partial charge in [-0.3, -0.25) is 4.79 Å². The highest BCUT2D eigenvalue weighted by Gasteiger charge is 2.29. The van der Waals surface area contributed by atoms with Crippen LogP contribution >= 0.6 is 0 Å². The summed E-state index contributed by atoms with van der Waals surface area (Å²) in [7, 11) is 1.27. The van der Waals surface area contributed by atoms with E-state index in [1.54, 1.807) is 12.1 Å². The van der Waals surface area contributed by atoms with Crippen LogP contribution in [0.4, 0.5) is 5.69 Å². The Kier molecular flexibility index (Phi) is 2.91. The van der Waals surface area contributed by atoms with Gasteiger partial charge < -0.3 is 4.74 Å². The van der Waals surface area contributed by atoms with Crippen LogP contribution in [0.3, 0.4) is 0 Å². The van der Waals surface area contributed by atoms with E-state index in [4.69, 9.17) is 0 Å². The monoisotopic (exact) mass is 232 g/mol. The molecule has 2 rings (SSSR count). The number of aryl methyl sites for hydroxylation is 1. The maximum atomic E-state index is 11.7. The van der Waals surface area contributed by atoms with E-state index in [1.807, 2.05) is 19.1 Å². The van der Waals surface area contributed by atoms with E-state index in [2.05, 4.69) is 9.84 Å². The number of hydrazone groups is 1. The van der Waals surface area contributed by atoms with Crippen molar-refractivity contribution in [3.05, 3.63) is 29.8 Å². The number of esters is 1. The molecule has 0 atom stereocenters. The lowest BCUT2D eigenvalue weighted by Gasteiger charge is -2.11. The summed E-state index contributed by atoms with van der Waals surface area (Å²) in [6.45, 7) is 1.96. The highest BCUT2D eigenvalue weighted by molar-refractivity contribution is 6.42. The number of carbonyl (C=O) groups excluding carboxylic acids is 2. The summed E-state index contributed by atoms with van der Waals surface area (Å²) in [4.78, 5) is 23.0. The molecule has 1 heterocycles. The van der Waals surface area contributed by atoms with Gasteiger partial charge in [-0.15, -0.1) is 0 Å². The first-order chi connectivity index (χ1) is 8.11. The SMILES string of the molecule is COC(=O)C1=NN(c2ccc(C)cc2)C(=O)C1. The first kappa shape index (κ1) is 11.3. The third-order valence-corrected chi connectivity index (χ3v) is 2.48. The highest BCUT2D eigenvalue weighted by atomic mass is 16.5. The van der Waals surface area contributed by atoms with Crippen LogP contribution in [-0.4, -0.2) is 24.7 Å². The zero-order valence-electron chi connectivity index (χ0n) is 9.64. The van der Waals surface area contributed by atoms with Crippen molar-refractivity contribution in [2.75, 3.05) is 12.1 Å². The number of hydrogen-bond acceptors (Lipinski definition) is 4. The Labute approximate surface area is 98.7 Å². The molecule has 0 aromatic heterocycles. The number of benzene rings is 1. The maximum absolute atomic E-state index is 11.7. The smallest absolute Gasteiger partial charge is 0.354 e. The average molecular weight is 232 g/mol. The third kappa shape index (κ3) is 2.18. The molecule has 0 saturated heterocycles. The van der Waals surface area contributed by atoms with E-state index < -0.39 is 5.97 Å². The van der Waals surface area contributed by atoms with E-state index in [9.17, 15) is 9.59 Å². The van der Waals surface area contributed by atoms with Crippen LogP contribution in [0.25, 0.3) is 0 Å². The van der Waals surface area contributed by atoms with Crippen molar-refractivity contribution in [2.45, 2.75) is 13.3 Å². The van der Waals surface area contributed by atoms with Gasteiger partial charge in [-0.2, -0.15) is 10.1 Å². The first-order valence-electron chi connectivity index (χ1n) is 5.17. The molecule has 0 unspecified atom stereocenters. The van der Waals surface area contributed by atoms with Crippen LogP contribution in [0.5, 0.6) is 0 Å². The molecule has 88 valence electrons. The van der Waals surface area contributed by atoms with Crippen LogP contribution < -0.4 is 5.01 Å². The molecule has 1 aliphatic rings. The molecule has 0 radical (unpaired) electrons. The van der Waals surface area contributed by atoms with Crippen molar-refractivity contribution in [3.63, 3.8) is 0 Å². The van der Waals surface area contributed by atoms with Crippen molar-refractivity contribution < 1.29 is 14.3 Å². The summed E-state index contributed by atoms with van der Waals surface area (Å²) < 4.78 is 4.54. The summed E-state index contributed by atoms with van der Waals surface area (Å²) in [5.74, 6) is -0.790. The first-order valence-corrected chi connectivity index (χ1v) is 5.17. The number of methoxy groups -OCH3 is 1. The number of ether oxygens (including phenoxy) is 1. The van der Waals surface area contributed by atoms with Crippen molar-refractivity contribution in [3.8, 4) is 0 Å². The summed E-state index contributed by atoms with van der Waals surface area (Å²) in [6.07, 6.45) is -0.0133. The molecule has 0 saturated carbocycles. The van der Waals surface area contributed by atoms with Gasteiger partial charge in [0.1, 0.15) is 0 Å². The van der Waals surface area contributed by atoms with Gasteiger partial charge in [0.05, 0.1) is 19.2 Å². The predicted molar refractivity (Wildman–Crippen MR) is 62.7 cm³/mol. The molecule has 0 fully saturated rings. The molecule has 0 aliphatic carbocycles. The van der Waals surface area contributed by atoms with Gasteiger partial charge in [0, 0.05) is 0 Å². The highest BCUT2D eigenvalue weighted by Crippen LogP contribution is 2.21. The minimum Gasteiger partial charge on any atom is -0.464 e. The number of amides is 1. The second kappa shape index (κ2) is 4.37. The van der Waals surface area contributed by atoms with Gasteiger partial charge >= 0.3 is 5.97 Å². The Morgan fingerprint density at radius 3 is 2.59 bits per heavy atom. The van der Waals surface area contributed by atoms with Gasteiger partial charge in [-0.05, 0) is 19.1 Å². The normalized spacial score (nSPS) is 14.8. The number of anilines is 1. The zero-order valence-corrected chi connectivity index (χ0v) is 9.64. The lowest BCUT2D eigenvalue weighted by molar-refractivity contribution is -0.133. The van der Waals surface area contributed by atoms with E-state index in [0.29, 0.717) is 5.69 Å². The van der Waals surface area contributed by atoms with Crippen molar-refractivity contribution in [1.29, 1.82) is 0 Å². The quantitative estimate of drug-likeness (QED) is 0.721. The number of carbonyl (C=O) groups is 2. The number of nitrogens with zero attached hydrogens (tertiary/aromatic N) is 2. The summed E-state index contributed by atoms with van der Waals surface area (Å²) in [6, 6.07) is 7.34. The molecule has 0 bridgehead atoms. The Morgan fingerprint density at radius 2 is 2.00 bits per heavy atom. The fourth-order valence-electron chi connectivity index (χ4n) is 1.55. The molecule has 5 nitrogen and oxygen atoms in total. The molecular weight excluding hydrogens is 220 g/mol. The van der Waals surface area contributed by atoms with E-state index >= 15 is 0 Å². The van der Waals surface area contributed by atoms with Gasteiger partial charge in [-0.1, -0.05) is 17.7 Å². The van der Waals surface area contributed by atoms with Crippen LogP contribution in [-0.2, 0) is 14.3 Å². The summed E-state index contributed by atoms with van der Waals surface area (Å²) >= 11 is 0. The molecule has 1 amide bonds. The standard InChI is InChI=1S/C12H12N2O3/c1-8-3-5-9(6-4-8)14-11(15)7-10(13-14)12(16)17-2/h3-6H,7H2,1-2H3. The van der Waals surface area contributed by atoms with Crippen molar-refractivity contribution >= 4 is 23.3 Å². The largest absolute Gasteiger partial charge is 0.464 e. The molecule has 17 heavy (non-hydrogen) atoms. The van der Waals surface area contributed by atoms with Crippen molar-refractivity contribution in [2.24, 2.45) is 5.10 Å². The molecule has 0 N–H and O–H groups in total. The van der Waals surface area contributed by atoms with E-state index in [0.717, 1.165) is 5.56 Å². The molecule has 5 heteroatoms. The Hall–Kier alpha value is -2.17. The van der Waals surface area contributed by atoms with E-state index in [-0.39, 0.29) is 18.0 Å². The Balaban J connectivity index is 2.27. The molecule has 1 aromatic carbocycles. The fourth-order valence-corrected chi connectivity index (χ4v) is 1.55. The third-order valence-electron chi connectivity index (χ3n) is 2.48. The van der Waals surface area contributed by atoms with Gasteiger partial charge in [-0.25, -0.2) is 4.79 Å². The number of rotatable bonds is 2. The average Bonchev–Trinajstić information content (AvgIpc) is 2.71. The fraction of sp³-hybridized carbons (Fsp3) is 0.250. The topological polar surface area (TPSA) is 59.0 Å². The van der Waals surface area contributed by atoms with E-state index in [1.165, 1.54) is 12.1 Å². The van der Waals surface area contributed by atoms with Gasteiger partial charge in [0.15, 0.2) is 5.71 Å². The second-order valence-electron chi connectivity index (χ2n) is 3.76. The summed E-state index contributed by atoms with van der Waals surface area (Å²) in [5.41, 5.74) is 1.88. The second-order valence-corrected chi connectivity index (χ2v) is 3.76. The Bertz CT molecular complexity index is 491. The molecular formula is C12H12N2O3. The van der Waals surface area contributed by atoms with Crippen LogP contribution in [0.15, 0.2) is 29.4 Å². The summed E-state index contributed by atoms with van der Waals surface area (Å²) in [5, 5.41) is 5.19. The zero-order chi connectivity index (χ0) is 12.4. The van der Waals surface area contributed by atoms with Crippen LogP contribution in [0.1, 0.15) is 12.0 Å². The van der Waals surface area contributed by atoms with Crippen molar-refractivity contribution in [1.82, 2.24) is 0 Å². The maximum Gasteiger partial charge on any atom is 0.354 e. The lowest BCUT2D eigenvalue weighted by atomic mass is 10.2. The Morgan fingerprint density at radius 1 is 1.35 bits per heavy atom. The minimum absolute atomic E-state index is 0.0133. The van der Waals surface area contributed by atoms with Gasteiger partial charge in [0.25, 0.3) is 5.91 Å². The van der Waals surface area contributed by atoms with Gasteiger partial charge in [0.2, 0.25) is 0 Å². The minimum atomic E-state index is -0.562. The predicted octanol–water partition coefficient (Wildman–Crippen LogP) is 1.26. The number of hydrogen-bond donors (Lipinski definition) is 0. The lowest BCUT2D eigenvalue weighted by Crippen LogP contribution is -2.19. The molecule has 0 spiro atoms.